The average molecular weight is 258 g/mol. The van der Waals surface area contributed by atoms with E-state index >= 15 is 0 Å². The predicted octanol–water partition coefficient (Wildman–Crippen LogP) is 2.77. The molecule has 0 heterocycles. The van der Waals surface area contributed by atoms with Crippen molar-refractivity contribution < 1.29 is 4.79 Å². The Morgan fingerprint density at radius 3 is 2.06 bits per heavy atom. The molecule has 0 aliphatic heterocycles. The van der Waals surface area contributed by atoms with Gasteiger partial charge in [0.15, 0.2) is 0 Å². The van der Waals surface area contributed by atoms with Crippen LogP contribution in [0.1, 0.15) is 59.8 Å². The van der Waals surface area contributed by atoms with Gasteiger partial charge in [0.2, 0.25) is 5.91 Å². The summed E-state index contributed by atoms with van der Waals surface area (Å²) in [5, 5.41) is 3.01. The maximum absolute atomic E-state index is 12.2. The molecule has 0 rings (SSSR count). The molecule has 0 aromatic carbocycles. The number of hydrogen-bond acceptors (Lipinski definition) is 2. The zero-order valence-electron chi connectivity index (χ0n) is 11.5. The Kier molecular flexibility index (Phi) is 7.35. The fourth-order valence-electron chi connectivity index (χ4n) is 1.80. The van der Waals surface area contributed by atoms with Gasteiger partial charge in [-0.15, -0.1) is 0 Å². The molecule has 0 aliphatic carbocycles. The fraction of sp³-hybridized carbons (Fsp3) is 0.846. The first-order valence-electron chi connectivity index (χ1n) is 6.53. The van der Waals surface area contributed by atoms with Gasteiger partial charge in [-0.05, 0) is 26.2 Å². The molecule has 0 aromatic heterocycles. The highest BCUT2D eigenvalue weighted by atomic mass is 32.1. The van der Waals surface area contributed by atoms with Crippen LogP contribution in [0.2, 0.25) is 0 Å². The van der Waals surface area contributed by atoms with Crippen LogP contribution in [0.15, 0.2) is 0 Å². The van der Waals surface area contributed by atoms with Crippen LogP contribution in [-0.4, -0.2) is 16.4 Å². The zero-order chi connectivity index (χ0) is 13.5. The zero-order valence-corrected chi connectivity index (χ0v) is 12.3. The van der Waals surface area contributed by atoms with Crippen LogP contribution in [-0.2, 0) is 4.79 Å². The number of amides is 1. The van der Waals surface area contributed by atoms with Crippen molar-refractivity contribution in [3.63, 3.8) is 0 Å². The van der Waals surface area contributed by atoms with Crippen LogP contribution >= 0.6 is 12.2 Å². The van der Waals surface area contributed by atoms with Gasteiger partial charge in [0, 0.05) is 5.92 Å². The molecule has 0 spiro atoms. The molecular weight excluding hydrogens is 232 g/mol. The molecule has 0 bridgehead atoms. The summed E-state index contributed by atoms with van der Waals surface area (Å²) in [6.07, 6.45) is 4.62. The Morgan fingerprint density at radius 1 is 1.29 bits per heavy atom. The summed E-state index contributed by atoms with van der Waals surface area (Å²) in [6.45, 7) is 8.07. The van der Waals surface area contributed by atoms with Gasteiger partial charge < -0.3 is 11.1 Å². The highest BCUT2D eigenvalue weighted by Crippen LogP contribution is 2.17. The topological polar surface area (TPSA) is 55.1 Å². The molecular formula is C13H26N2OS. The Balaban J connectivity index is 4.62. The highest BCUT2D eigenvalue weighted by Gasteiger charge is 2.30. The van der Waals surface area contributed by atoms with Crippen molar-refractivity contribution in [1.29, 1.82) is 0 Å². The number of hydrogen-bond donors (Lipinski definition) is 2. The molecule has 0 saturated heterocycles. The molecule has 1 amide bonds. The van der Waals surface area contributed by atoms with E-state index in [1.54, 1.807) is 0 Å². The number of carbonyl (C=O) groups is 1. The summed E-state index contributed by atoms with van der Waals surface area (Å²) in [6, 6.07) is 0. The number of nitrogens with two attached hydrogens (primary N) is 1. The molecule has 4 heteroatoms. The second-order valence-electron chi connectivity index (χ2n) is 4.81. The number of thiocarbonyl (C=S) groups is 1. The van der Waals surface area contributed by atoms with Crippen molar-refractivity contribution >= 4 is 23.1 Å². The van der Waals surface area contributed by atoms with Gasteiger partial charge >= 0.3 is 0 Å². The van der Waals surface area contributed by atoms with E-state index in [2.05, 4.69) is 19.2 Å². The number of nitrogens with one attached hydrogen (secondary N) is 1. The first kappa shape index (κ1) is 16.4. The van der Waals surface area contributed by atoms with E-state index in [1.807, 2.05) is 13.8 Å². The highest BCUT2D eigenvalue weighted by molar-refractivity contribution is 7.80. The van der Waals surface area contributed by atoms with Crippen LogP contribution in [0.5, 0.6) is 0 Å². The number of carbonyl (C=O) groups excluding carboxylic acids is 1. The standard InChI is InChI=1S/C13H26N2OS/c1-5-8-10(9-6-2)11(16)15-13(4,7-3)12(14)17/h10H,5-9H2,1-4H3,(H2,14,17)(H,15,16). The molecule has 1 atom stereocenters. The lowest BCUT2D eigenvalue weighted by atomic mass is 9.93. The normalized spacial score (nSPS) is 14.4. The molecule has 0 fully saturated rings. The summed E-state index contributed by atoms with van der Waals surface area (Å²) < 4.78 is 0. The van der Waals surface area contributed by atoms with Crippen molar-refractivity contribution in [3.05, 3.63) is 0 Å². The van der Waals surface area contributed by atoms with E-state index in [-0.39, 0.29) is 11.8 Å². The summed E-state index contributed by atoms with van der Waals surface area (Å²) >= 11 is 5.03. The van der Waals surface area contributed by atoms with Gasteiger partial charge in [-0.25, -0.2) is 0 Å². The molecule has 0 radical (unpaired) electrons. The van der Waals surface area contributed by atoms with Gasteiger partial charge in [0.05, 0.1) is 10.5 Å². The van der Waals surface area contributed by atoms with E-state index in [9.17, 15) is 4.79 Å². The summed E-state index contributed by atoms with van der Waals surface area (Å²) in [7, 11) is 0. The Labute approximate surface area is 111 Å². The van der Waals surface area contributed by atoms with Crippen LogP contribution in [0.25, 0.3) is 0 Å². The quantitative estimate of drug-likeness (QED) is 0.658. The Bertz CT molecular complexity index is 262. The number of rotatable bonds is 8. The SMILES string of the molecule is CCCC(CCC)C(=O)NC(C)(CC)C(N)=S. The van der Waals surface area contributed by atoms with Crippen molar-refractivity contribution in [2.75, 3.05) is 0 Å². The van der Waals surface area contributed by atoms with Gasteiger partial charge in [0.25, 0.3) is 0 Å². The summed E-state index contributed by atoms with van der Waals surface area (Å²) in [4.78, 5) is 12.5. The fourth-order valence-corrected chi connectivity index (χ4v) is 2.00. The largest absolute Gasteiger partial charge is 0.391 e. The van der Waals surface area contributed by atoms with Crippen molar-refractivity contribution in [3.8, 4) is 0 Å². The molecule has 3 N–H and O–H groups in total. The minimum absolute atomic E-state index is 0.0882. The lowest BCUT2D eigenvalue weighted by molar-refractivity contribution is -0.126. The monoisotopic (exact) mass is 258 g/mol. The maximum atomic E-state index is 12.2. The molecule has 100 valence electrons. The van der Waals surface area contributed by atoms with Crippen LogP contribution in [0, 0.1) is 5.92 Å². The lowest BCUT2D eigenvalue weighted by Gasteiger charge is -2.30. The Morgan fingerprint density at radius 2 is 1.76 bits per heavy atom. The van der Waals surface area contributed by atoms with Crippen molar-refractivity contribution in [2.45, 2.75) is 65.3 Å². The Hall–Kier alpha value is -0.640. The average Bonchev–Trinajstić information content (AvgIpc) is 2.28. The molecule has 1 unspecified atom stereocenters. The minimum Gasteiger partial charge on any atom is -0.391 e. The molecule has 0 aliphatic rings. The third-order valence-electron chi connectivity index (χ3n) is 3.30. The summed E-state index contributed by atoms with van der Waals surface area (Å²) in [5.41, 5.74) is 5.15. The second kappa shape index (κ2) is 7.64. The van der Waals surface area contributed by atoms with Gasteiger partial charge in [-0.2, -0.15) is 0 Å². The van der Waals surface area contributed by atoms with E-state index in [4.69, 9.17) is 18.0 Å². The maximum Gasteiger partial charge on any atom is 0.223 e. The van der Waals surface area contributed by atoms with E-state index in [1.165, 1.54) is 0 Å². The van der Waals surface area contributed by atoms with Crippen LogP contribution in [0.4, 0.5) is 0 Å². The van der Waals surface area contributed by atoms with Crippen molar-refractivity contribution in [2.24, 2.45) is 11.7 Å². The lowest BCUT2D eigenvalue weighted by Crippen LogP contribution is -2.55. The first-order chi connectivity index (χ1) is 7.91. The first-order valence-corrected chi connectivity index (χ1v) is 6.94. The van der Waals surface area contributed by atoms with Gasteiger partial charge in [0.1, 0.15) is 0 Å². The molecule has 0 saturated carbocycles. The third-order valence-corrected chi connectivity index (χ3v) is 3.75. The van der Waals surface area contributed by atoms with E-state index in [0.29, 0.717) is 4.99 Å². The molecule has 17 heavy (non-hydrogen) atoms. The molecule has 3 nitrogen and oxygen atoms in total. The smallest absolute Gasteiger partial charge is 0.223 e. The van der Waals surface area contributed by atoms with Crippen LogP contribution < -0.4 is 11.1 Å². The second-order valence-corrected chi connectivity index (χ2v) is 5.25. The molecule has 0 aromatic rings. The van der Waals surface area contributed by atoms with E-state index < -0.39 is 5.54 Å². The van der Waals surface area contributed by atoms with E-state index in [0.717, 1.165) is 32.1 Å². The summed E-state index contributed by atoms with van der Waals surface area (Å²) in [5.74, 6) is 0.177. The third kappa shape index (κ3) is 5.02. The van der Waals surface area contributed by atoms with Crippen molar-refractivity contribution in [1.82, 2.24) is 5.32 Å². The predicted molar refractivity (Wildman–Crippen MR) is 76.9 cm³/mol. The van der Waals surface area contributed by atoms with Gasteiger partial charge in [-0.3, -0.25) is 4.79 Å². The minimum atomic E-state index is -0.549. The van der Waals surface area contributed by atoms with Crippen LogP contribution in [0.3, 0.4) is 0 Å². The van der Waals surface area contributed by atoms with Gasteiger partial charge in [-0.1, -0.05) is 45.8 Å².